The Kier molecular flexibility index (Phi) is 4.88. The average Bonchev–Trinajstić information content (AvgIpc) is 2.40. The summed E-state index contributed by atoms with van der Waals surface area (Å²) < 4.78 is 4.56. The van der Waals surface area contributed by atoms with Crippen LogP contribution < -0.4 is 5.32 Å². The molecule has 0 aliphatic carbocycles. The van der Waals surface area contributed by atoms with Gasteiger partial charge in [-0.1, -0.05) is 6.92 Å². The summed E-state index contributed by atoms with van der Waals surface area (Å²) in [6, 6.07) is 8.21. The number of benzene rings is 1. The highest BCUT2D eigenvalue weighted by Gasteiger charge is 2.15. The number of hydrogen-bond acceptors (Lipinski definition) is 4. The van der Waals surface area contributed by atoms with Gasteiger partial charge in [-0.25, -0.2) is 4.79 Å². The summed E-state index contributed by atoms with van der Waals surface area (Å²) in [5, 5.41) is 11.4. The lowest BCUT2D eigenvalue weighted by Crippen LogP contribution is -2.20. The van der Waals surface area contributed by atoms with Gasteiger partial charge in [-0.3, -0.25) is 4.79 Å². The maximum Gasteiger partial charge on any atom is 0.337 e. The van der Waals surface area contributed by atoms with E-state index in [2.05, 4.69) is 10.1 Å². The highest BCUT2D eigenvalue weighted by molar-refractivity contribution is 5.95. The minimum atomic E-state index is -0.662. The first-order valence-electron chi connectivity index (χ1n) is 5.51. The monoisotopic (exact) mass is 246 g/mol. The summed E-state index contributed by atoms with van der Waals surface area (Å²) in [4.78, 5) is 22.8. The molecule has 0 aromatic heterocycles. The Morgan fingerprint density at radius 3 is 2.44 bits per heavy atom. The molecule has 0 radical (unpaired) electrons. The van der Waals surface area contributed by atoms with Gasteiger partial charge in [0.25, 0.3) is 0 Å². The number of hydrogen-bond donors (Lipinski definition) is 1. The molecule has 0 saturated heterocycles. The molecule has 0 fully saturated rings. The number of nitriles is 1. The third kappa shape index (κ3) is 3.32. The van der Waals surface area contributed by atoms with E-state index in [9.17, 15) is 9.59 Å². The molecule has 5 nitrogen and oxygen atoms in total. The molecule has 0 aliphatic heterocycles. The standard InChI is InChI=1S/C13H14N2O3/c1-3-9(8-14)12(16)15-11-6-4-10(5-7-11)13(17)18-2/h4-7,9H,3H2,1-2H3,(H,15,16). The minimum absolute atomic E-state index is 0.342. The van der Waals surface area contributed by atoms with Gasteiger partial charge < -0.3 is 10.1 Å². The number of ether oxygens (including phenoxy) is 1. The zero-order chi connectivity index (χ0) is 13.5. The largest absolute Gasteiger partial charge is 0.465 e. The number of carbonyl (C=O) groups is 2. The second-order valence-electron chi connectivity index (χ2n) is 3.65. The van der Waals surface area contributed by atoms with Crippen LogP contribution in [-0.4, -0.2) is 19.0 Å². The van der Waals surface area contributed by atoms with E-state index in [0.29, 0.717) is 17.7 Å². The molecule has 1 rings (SSSR count). The molecule has 0 heterocycles. The van der Waals surface area contributed by atoms with Gasteiger partial charge >= 0.3 is 5.97 Å². The quantitative estimate of drug-likeness (QED) is 0.823. The summed E-state index contributed by atoms with van der Waals surface area (Å²) in [5.74, 6) is -1.44. The van der Waals surface area contributed by atoms with Crippen LogP contribution in [0.15, 0.2) is 24.3 Å². The average molecular weight is 246 g/mol. The van der Waals surface area contributed by atoms with Crippen molar-refractivity contribution in [2.75, 3.05) is 12.4 Å². The van der Waals surface area contributed by atoms with Crippen LogP contribution in [0.2, 0.25) is 0 Å². The van der Waals surface area contributed by atoms with E-state index in [0.717, 1.165) is 0 Å². The number of carbonyl (C=O) groups excluding carboxylic acids is 2. The number of amides is 1. The van der Waals surface area contributed by atoms with Crippen molar-refractivity contribution in [3.8, 4) is 6.07 Å². The summed E-state index contributed by atoms with van der Waals surface area (Å²) in [7, 11) is 1.30. The van der Waals surface area contributed by atoms with E-state index in [1.54, 1.807) is 31.2 Å². The minimum Gasteiger partial charge on any atom is -0.465 e. The fraction of sp³-hybridized carbons (Fsp3) is 0.308. The number of methoxy groups -OCH3 is 1. The molecule has 1 unspecified atom stereocenters. The van der Waals surface area contributed by atoms with Crippen LogP contribution in [-0.2, 0) is 9.53 Å². The van der Waals surface area contributed by atoms with Crippen molar-refractivity contribution in [3.63, 3.8) is 0 Å². The van der Waals surface area contributed by atoms with E-state index in [1.807, 2.05) is 6.07 Å². The molecule has 1 amide bonds. The van der Waals surface area contributed by atoms with Crippen molar-refractivity contribution >= 4 is 17.6 Å². The first-order valence-corrected chi connectivity index (χ1v) is 5.51. The summed E-state index contributed by atoms with van der Waals surface area (Å²) in [6.45, 7) is 1.77. The van der Waals surface area contributed by atoms with Gasteiger partial charge in [0.1, 0.15) is 5.92 Å². The van der Waals surface area contributed by atoms with Crippen LogP contribution in [0.5, 0.6) is 0 Å². The Morgan fingerprint density at radius 1 is 1.39 bits per heavy atom. The van der Waals surface area contributed by atoms with Crippen molar-refractivity contribution in [2.45, 2.75) is 13.3 Å². The van der Waals surface area contributed by atoms with Gasteiger partial charge in [0.15, 0.2) is 0 Å². The van der Waals surface area contributed by atoms with Crippen LogP contribution in [0.1, 0.15) is 23.7 Å². The van der Waals surface area contributed by atoms with Gasteiger partial charge in [0.2, 0.25) is 5.91 Å². The van der Waals surface area contributed by atoms with Crippen molar-refractivity contribution in [2.24, 2.45) is 5.92 Å². The molecule has 0 spiro atoms. The van der Waals surface area contributed by atoms with Crippen LogP contribution in [0.25, 0.3) is 0 Å². The van der Waals surface area contributed by atoms with E-state index >= 15 is 0 Å². The van der Waals surface area contributed by atoms with Gasteiger partial charge in [-0.05, 0) is 30.7 Å². The number of nitrogens with zero attached hydrogens (tertiary/aromatic N) is 1. The SMILES string of the molecule is CCC(C#N)C(=O)Nc1ccc(C(=O)OC)cc1. The van der Waals surface area contributed by atoms with Crippen molar-refractivity contribution < 1.29 is 14.3 Å². The Hall–Kier alpha value is -2.35. The molecular formula is C13H14N2O3. The fourth-order valence-corrected chi connectivity index (χ4v) is 1.37. The molecule has 94 valence electrons. The van der Waals surface area contributed by atoms with E-state index in [1.165, 1.54) is 7.11 Å². The zero-order valence-corrected chi connectivity index (χ0v) is 10.3. The smallest absolute Gasteiger partial charge is 0.337 e. The van der Waals surface area contributed by atoms with Gasteiger partial charge in [0.05, 0.1) is 18.7 Å². The summed E-state index contributed by atoms with van der Waals surface area (Å²) in [6.07, 6.45) is 0.461. The maximum atomic E-state index is 11.6. The molecule has 0 saturated carbocycles. The first-order chi connectivity index (χ1) is 8.62. The zero-order valence-electron chi connectivity index (χ0n) is 10.3. The third-order valence-corrected chi connectivity index (χ3v) is 2.45. The maximum absolute atomic E-state index is 11.6. The second kappa shape index (κ2) is 6.40. The molecular weight excluding hydrogens is 232 g/mol. The molecule has 1 N–H and O–H groups in total. The van der Waals surface area contributed by atoms with E-state index in [4.69, 9.17) is 5.26 Å². The molecule has 0 aliphatic rings. The highest BCUT2D eigenvalue weighted by Crippen LogP contribution is 2.12. The lowest BCUT2D eigenvalue weighted by molar-refractivity contribution is -0.118. The molecule has 1 aromatic rings. The Bertz CT molecular complexity index is 474. The number of anilines is 1. The van der Waals surface area contributed by atoms with Gasteiger partial charge in [-0.15, -0.1) is 0 Å². The van der Waals surface area contributed by atoms with Crippen LogP contribution in [0.4, 0.5) is 5.69 Å². The Balaban J connectivity index is 2.73. The lowest BCUT2D eigenvalue weighted by atomic mass is 10.1. The second-order valence-corrected chi connectivity index (χ2v) is 3.65. The first kappa shape index (κ1) is 13.7. The van der Waals surface area contributed by atoms with Gasteiger partial charge in [-0.2, -0.15) is 5.26 Å². The number of esters is 1. The summed E-state index contributed by atoms with van der Waals surface area (Å²) >= 11 is 0. The highest BCUT2D eigenvalue weighted by atomic mass is 16.5. The Labute approximate surface area is 105 Å². The number of nitrogens with one attached hydrogen (secondary N) is 1. The van der Waals surface area contributed by atoms with Crippen LogP contribution in [0.3, 0.4) is 0 Å². The fourth-order valence-electron chi connectivity index (χ4n) is 1.37. The van der Waals surface area contributed by atoms with Crippen molar-refractivity contribution in [1.82, 2.24) is 0 Å². The predicted octanol–water partition coefficient (Wildman–Crippen LogP) is 1.96. The topological polar surface area (TPSA) is 79.2 Å². The third-order valence-electron chi connectivity index (χ3n) is 2.45. The summed E-state index contributed by atoms with van der Waals surface area (Å²) in [5.41, 5.74) is 0.948. The normalized spacial score (nSPS) is 11.2. The van der Waals surface area contributed by atoms with E-state index < -0.39 is 11.9 Å². The molecule has 5 heteroatoms. The predicted molar refractivity (Wildman–Crippen MR) is 65.8 cm³/mol. The van der Waals surface area contributed by atoms with E-state index in [-0.39, 0.29) is 5.91 Å². The van der Waals surface area contributed by atoms with Crippen LogP contribution in [0, 0.1) is 17.2 Å². The van der Waals surface area contributed by atoms with Crippen molar-refractivity contribution in [3.05, 3.63) is 29.8 Å². The molecule has 1 atom stereocenters. The molecule has 0 bridgehead atoms. The number of rotatable bonds is 4. The van der Waals surface area contributed by atoms with Crippen LogP contribution >= 0.6 is 0 Å². The Morgan fingerprint density at radius 2 is 2.00 bits per heavy atom. The molecule has 18 heavy (non-hydrogen) atoms. The van der Waals surface area contributed by atoms with Gasteiger partial charge in [0, 0.05) is 5.69 Å². The lowest BCUT2D eigenvalue weighted by Gasteiger charge is -2.08. The molecule has 1 aromatic carbocycles. The van der Waals surface area contributed by atoms with Crippen molar-refractivity contribution in [1.29, 1.82) is 5.26 Å².